The molecule has 0 N–H and O–H groups in total. The SMILES string of the molecule is COc1ccc(Oc2ncc(CN3CCc4nc(C(F)(F)F)ncc4C3)s2)cc1. The smallest absolute Gasteiger partial charge is 0.451 e. The van der Waals surface area contributed by atoms with Crippen molar-refractivity contribution in [3.05, 3.63) is 58.6 Å². The predicted octanol–water partition coefficient (Wildman–Crippen LogP) is 4.31. The second kappa shape index (κ2) is 7.96. The molecule has 2 aromatic heterocycles. The zero-order valence-electron chi connectivity index (χ0n) is 15.4. The van der Waals surface area contributed by atoms with Crippen LogP contribution in [0, 0.1) is 0 Å². The van der Waals surface area contributed by atoms with Crippen molar-refractivity contribution in [3.8, 4) is 16.7 Å². The van der Waals surface area contributed by atoms with Gasteiger partial charge in [-0.05, 0) is 24.3 Å². The second-order valence-electron chi connectivity index (χ2n) is 6.49. The molecule has 0 spiro atoms. The van der Waals surface area contributed by atoms with Crippen LogP contribution in [0.15, 0.2) is 36.7 Å². The molecule has 0 aliphatic carbocycles. The van der Waals surface area contributed by atoms with Crippen molar-refractivity contribution < 1.29 is 22.6 Å². The third kappa shape index (κ3) is 4.65. The summed E-state index contributed by atoms with van der Waals surface area (Å²) in [4.78, 5) is 14.6. The monoisotopic (exact) mass is 422 g/mol. The van der Waals surface area contributed by atoms with Crippen LogP contribution in [0.2, 0.25) is 0 Å². The fourth-order valence-electron chi connectivity index (χ4n) is 3.02. The molecule has 6 nitrogen and oxygen atoms in total. The first-order chi connectivity index (χ1) is 13.9. The second-order valence-corrected chi connectivity index (χ2v) is 7.57. The molecule has 0 amide bonds. The van der Waals surface area contributed by atoms with E-state index in [4.69, 9.17) is 9.47 Å². The van der Waals surface area contributed by atoms with Gasteiger partial charge in [0.1, 0.15) is 11.5 Å². The molecule has 1 aliphatic rings. The Bertz CT molecular complexity index is 992. The van der Waals surface area contributed by atoms with Gasteiger partial charge in [-0.25, -0.2) is 15.0 Å². The van der Waals surface area contributed by atoms with E-state index in [-0.39, 0.29) is 0 Å². The average Bonchev–Trinajstić information content (AvgIpc) is 3.14. The third-order valence-electron chi connectivity index (χ3n) is 4.44. The first-order valence-electron chi connectivity index (χ1n) is 8.81. The summed E-state index contributed by atoms with van der Waals surface area (Å²) in [6.45, 7) is 1.75. The normalized spacial score (nSPS) is 14.5. The number of alkyl halides is 3. The van der Waals surface area contributed by atoms with E-state index in [2.05, 4.69) is 19.9 Å². The first kappa shape index (κ1) is 19.6. The van der Waals surface area contributed by atoms with Gasteiger partial charge in [-0.1, -0.05) is 11.3 Å². The van der Waals surface area contributed by atoms with E-state index in [1.54, 1.807) is 37.6 Å². The summed E-state index contributed by atoms with van der Waals surface area (Å²) in [7, 11) is 1.60. The number of nitrogens with zero attached hydrogens (tertiary/aromatic N) is 4. The Morgan fingerprint density at radius 3 is 2.59 bits per heavy atom. The van der Waals surface area contributed by atoms with Crippen molar-refractivity contribution in [3.63, 3.8) is 0 Å². The number of thiazole rings is 1. The molecule has 29 heavy (non-hydrogen) atoms. The van der Waals surface area contributed by atoms with Crippen LogP contribution in [0.3, 0.4) is 0 Å². The molecule has 1 aromatic carbocycles. The quantitative estimate of drug-likeness (QED) is 0.611. The number of aromatic nitrogens is 3. The summed E-state index contributed by atoms with van der Waals surface area (Å²) in [6, 6.07) is 7.22. The van der Waals surface area contributed by atoms with Crippen molar-refractivity contribution in [2.24, 2.45) is 0 Å². The molecular formula is C19H17F3N4O2S. The van der Waals surface area contributed by atoms with E-state index in [0.29, 0.717) is 42.7 Å². The van der Waals surface area contributed by atoms with Gasteiger partial charge in [-0.15, -0.1) is 0 Å². The summed E-state index contributed by atoms with van der Waals surface area (Å²) in [5, 5.41) is 0.528. The molecule has 0 bridgehead atoms. The van der Waals surface area contributed by atoms with Crippen LogP contribution in [0.4, 0.5) is 13.2 Å². The maximum atomic E-state index is 12.8. The lowest BCUT2D eigenvalue weighted by molar-refractivity contribution is -0.145. The molecule has 152 valence electrons. The topological polar surface area (TPSA) is 60.4 Å². The standard InChI is InChI=1S/C19H17F3N4O2S/c1-27-13-2-4-14(5-3-13)28-18-24-9-15(29-18)11-26-7-6-16-12(10-26)8-23-17(25-16)19(20,21)22/h2-5,8-9H,6-7,10-11H2,1H3. The van der Waals surface area contributed by atoms with E-state index < -0.39 is 12.0 Å². The van der Waals surface area contributed by atoms with Gasteiger partial charge in [-0.3, -0.25) is 4.90 Å². The van der Waals surface area contributed by atoms with Crippen molar-refractivity contribution in [2.75, 3.05) is 13.7 Å². The Morgan fingerprint density at radius 2 is 1.86 bits per heavy atom. The van der Waals surface area contributed by atoms with Gasteiger partial charge in [0, 0.05) is 48.9 Å². The summed E-state index contributed by atoms with van der Waals surface area (Å²) >= 11 is 1.43. The lowest BCUT2D eigenvalue weighted by Gasteiger charge is -2.27. The average molecular weight is 422 g/mol. The molecule has 3 aromatic rings. The number of rotatable bonds is 5. The Morgan fingerprint density at radius 1 is 1.10 bits per heavy atom. The van der Waals surface area contributed by atoms with Crippen molar-refractivity contribution in [1.29, 1.82) is 0 Å². The maximum absolute atomic E-state index is 12.8. The third-order valence-corrected chi connectivity index (χ3v) is 5.30. The molecule has 10 heteroatoms. The molecule has 0 fully saturated rings. The van der Waals surface area contributed by atoms with Gasteiger partial charge >= 0.3 is 6.18 Å². The van der Waals surface area contributed by atoms with Crippen LogP contribution < -0.4 is 9.47 Å². The molecule has 0 saturated carbocycles. The summed E-state index contributed by atoms with van der Waals surface area (Å²) in [6.07, 6.45) is -1.03. The highest BCUT2D eigenvalue weighted by Crippen LogP contribution is 2.30. The molecule has 3 heterocycles. The highest BCUT2D eigenvalue weighted by molar-refractivity contribution is 7.13. The largest absolute Gasteiger partial charge is 0.497 e. The number of benzene rings is 1. The minimum atomic E-state index is -4.52. The predicted molar refractivity (Wildman–Crippen MR) is 100 cm³/mol. The lowest BCUT2D eigenvalue weighted by atomic mass is 10.1. The van der Waals surface area contributed by atoms with Gasteiger partial charge in [0.15, 0.2) is 0 Å². The number of fused-ring (bicyclic) bond motifs is 1. The van der Waals surface area contributed by atoms with Crippen molar-refractivity contribution in [2.45, 2.75) is 25.7 Å². The molecule has 0 unspecified atom stereocenters. The molecule has 0 atom stereocenters. The fraction of sp³-hybridized carbons (Fsp3) is 0.316. The van der Waals surface area contributed by atoms with Gasteiger partial charge in [0.05, 0.1) is 12.8 Å². The van der Waals surface area contributed by atoms with Crippen molar-refractivity contribution >= 4 is 11.3 Å². The van der Waals surface area contributed by atoms with Crippen LogP contribution in [0.25, 0.3) is 0 Å². The Hall–Kier alpha value is -2.72. The van der Waals surface area contributed by atoms with E-state index in [1.165, 1.54) is 17.5 Å². The zero-order valence-corrected chi connectivity index (χ0v) is 16.3. The van der Waals surface area contributed by atoms with E-state index in [1.807, 2.05) is 0 Å². The fourth-order valence-corrected chi connectivity index (χ4v) is 3.84. The highest BCUT2D eigenvalue weighted by Gasteiger charge is 2.35. The zero-order chi connectivity index (χ0) is 20.4. The lowest BCUT2D eigenvalue weighted by Crippen LogP contribution is -2.31. The Balaban J connectivity index is 1.38. The van der Waals surface area contributed by atoms with Crippen LogP contribution in [-0.2, 0) is 25.7 Å². The van der Waals surface area contributed by atoms with E-state index in [0.717, 1.165) is 16.2 Å². The summed E-state index contributed by atoms with van der Waals surface area (Å²) in [5.41, 5.74) is 1.19. The molecule has 0 saturated heterocycles. The number of hydrogen-bond acceptors (Lipinski definition) is 7. The van der Waals surface area contributed by atoms with Gasteiger partial charge in [-0.2, -0.15) is 13.2 Å². The minimum Gasteiger partial charge on any atom is -0.497 e. The summed E-state index contributed by atoms with van der Waals surface area (Å²) in [5.74, 6) is 0.331. The minimum absolute atomic E-state index is 0.453. The van der Waals surface area contributed by atoms with Gasteiger partial charge < -0.3 is 9.47 Å². The number of hydrogen-bond donors (Lipinski definition) is 0. The molecule has 4 rings (SSSR count). The summed E-state index contributed by atoms with van der Waals surface area (Å²) < 4.78 is 49.2. The van der Waals surface area contributed by atoms with E-state index in [9.17, 15) is 13.2 Å². The number of methoxy groups -OCH3 is 1. The van der Waals surface area contributed by atoms with Crippen LogP contribution >= 0.6 is 11.3 Å². The molecule has 0 radical (unpaired) electrons. The first-order valence-corrected chi connectivity index (χ1v) is 9.63. The number of halogens is 3. The molecular weight excluding hydrogens is 405 g/mol. The van der Waals surface area contributed by atoms with Crippen molar-refractivity contribution in [1.82, 2.24) is 19.9 Å². The van der Waals surface area contributed by atoms with Crippen LogP contribution in [0.5, 0.6) is 16.7 Å². The van der Waals surface area contributed by atoms with Gasteiger partial charge in [0.25, 0.3) is 5.19 Å². The van der Waals surface area contributed by atoms with Crippen LogP contribution in [-0.4, -0.2) is 33.5 Å². The van der Waals surface area contributed by atoms with Gasteiger partial charge in [0.2, 0.25) is 5.82 Å². The Labute approximate surface area is 169 Å². The maximum Gasteiger partial charge on any atom is 0.451 e. The van der Waals surface area contributed by atoms with Crippen LogP contribution in [0.1, 0.15) is 22.0 Å². The highest BCUT2D eigenvalue weighted by atomic mass is 32.1. The number of ether oxygens (including phenoxy) is 2. The molecule has 1 aliphatic heterocycles. The van der Waals surface area contributed by atoms with E-state index >= 15 is 0 Å². The Kier molecular flexibility index (Phi) is 5.37.